The molecule has 1 amide bonds. The fraction of sp³-hybridized carbons (Fsp3) is 0.500. The third-order valence-electron chi connectivity index (χ3n) is 4.86. The van der Waals surface area contributed by atoms with Gasteiger partial charge < -0.3 is 24.0 Å². The molecular formula is C20H28N4O4. The summed E-state index contributed by atoms with van der Waals surface area (Å²) < 4.78 is 18.5. The maximum atomic E-state index is 13.5. The first-order valence-corrected chi connectivity index (χ1v) is 9.22. The molecule has 0 saturated carbocycles. The van der Waals surface area contributed by atoms with Gasteiger partial charge >= 0.3 is 0 Å². The smallest absolute Gasteiger partial charge is 0.258 e. The lowest BCUT2D eigenvalue weighted by Gasteiger charge is -2.42. The van der Waals surface area contributed by atoms with Crippen molar-refractivity contribution in [2.45, 2.75) is 12.1 Å². The lowest BCUT2D eigenvalue weighted by Crippen LogP contribution is -2.51. The Morgan fingerprint density at radius 1 is 1.32 bits per heavy atom. The van der Waals surface area contributed by atoms with Gasteiger partial charge in [0, 0.05) is 38.0 Å². The molecular weight excluding hydrogens is 360 g/mol. The number of carbonyl (C=O) groups is 1. The average molecular weight is 388 g/mol. The number of amides is 1. The van der Waals surface area contributed by atoms with Crippen molar-refractivity contribution < 1.29 is 19.0 Å². The van der Waals surface area contributed by atoms with Crippen LogP contribution in [0.15, 0.2) is 30.6 Å². The third kappa shape index (κ3) is 4.13. The Bertz CT molecular complexity index is 820. The van der Waals surface area contributed by atoms with Gasteiger partial charge in [-0.1, -0.05) is 0 Å². The second-order valence-electron chi connectivity index (χ2n) is 7.13. The molecule has 28 heavy (non-hydrogen) atoms. The maximum absolute atomic E-state index is 13.5. The van der Waals surface area contributed by atoms with Crippen molar-refractivity contribution in [1.29, 1.82) is 0 Å². The molecule has 1 aliphatic rings. The van der Waals surface area contributed by atoms with Gasteiger partial charge in [-0.15, -0.1) is 0 Å². The second kappa shape index (κ2) is 8.62. The SMILES string of the molecule is COc1ccc(C(=O)N2CCO[C@@H](CN(C)C)[C@@H]2c2cnn(C)c2)c(OC)c1. The maximum Gasteiger partial charge on any atom is 0.258 e. The van der Waals surface area contributed by atoms with Gasteiger partial charge in [0.2, 0.25) is 0 Å². The van der Waals surface area contributed by atoms with E-state index in [1.807, 2.05) is 32.2 Å². The molecule has 152 valence electrons. The van der Waals surface area contributed by atoms with Crippen LogP contribution in [0.4, 0.5) is 0 Å². The summed E-state index contributed by atoms with van der Waals surface area (Å²) in [5, 5.41) is 4.30. The first-order chi connectivity index (χ1) is 13.4. The zero-order chi connectivity index (χ0) is 20.3. The summed E-state index contributed by atoms with van der Waals surface area (Å²) in [7, 11) is 9.00. The Kier molecular flexibility index (Phi) is 6.21. The van der Waals surface area contributed by atoms with Gasteiger partial charge in [-0.2, -0.15) is 5.10 Å². The zero-order valence-corrected chi connectivity index (χ0v) is 17.1. The summed E-state index contributed by atoms with van der Waals surface area (Å²) in [6.07, 6.45) is 3.59. The minimum absolute atomic E-state index is 0.0968. The van der Waals surface area contributed by atoms with Crippen LogP contribution < -0.4 is 9.47 Å². The highest BCUT2D eigenvalue weighted by Crippen LogP contribution is 2.33. The van der Waals surface area contributed by atoms with E-state index >= 15 is 0 Å². The van der Waals surface area contributed by atoms with Crippen molar-refractivity contribution in [3.8, 4) is 11.5 Å². The van der Waals surface area contributed by atoms with Gasteiger partial charge in [-0.3, -0.25) is 9.48 Å². The van der Waals surface area contributed by atoms with Crippen molar-refractivity contribution in [1.82, 2.24) is 19.6 Å². The summed E-state index contributed by atoms with van der Waals surface area (Å²) in [5.41, 5.74) is 1.46. The highest BCUT2D eigenvalue weighted by Gasteiger charge is 2.38. The van der Waals surface area contributed by atoms with Crippen molar-refractivity contribution in [3.05, 3.63) is 41.7 Å². The van der Waals surface area contributed by atoms with Crippen LogP contribution in [-0.4, -0.2) is 79.6 Å². The summed E-state index contributed by atoms with van der Waals surface area (Å²) in [6, 6.07) is 5.01. The van der Waals surface area contributed by atoms with Crippen LogP contribution >= 0.6 is 0 Å². The number of morpholine rings is 1. The molecule has 8 nitrogen and oxygen atoms in total. The molecule has 1 fully saturated rings. The number of rotatable bonds is 6. The second-order valence-corrected chi connectivity index (χ2v) is 7.13. The van der Waals surface area contributed by atoms with Crippen LogP contribution in [0.5, 0.6) is 11.5 Å². The molecule has 1 saturated heterocycles. The topological polar surface area (TPSA) is 69.1 Å². The molecule has 2 atom stereocenters. The molecule has 0 N–H and O–H groups in total. The van der Waals surface area contributed by atoms with Crippen LogP contribution in [0, 0.1) is 0 Å². The van der Waals surface area contributed by atoms with Crippen molar-refractivity contribution in [2.75, 3.05) is 48.0 Å². The standard InChI is InChI=1S/C20H28N4O4/c1-22(2)13-18-19(14-11-21-23(3)12-14)24(8-9-28-18)20(25)16-7-6-15(26-4)10-17(16)27-5/h6-7,10-12,18-19H,8-9,13H2,1-5H3/t18-,19-/m0/s1. The van der Waals surface area contributed by atoms with E-state index in [-0.39, 0.29) is 18.1 Å². The van der Waals surface area contributed by atoms with Gasteiger partial charge in [0.25, 0.3) is 5.91 Å². The molecule has 8 heteroatoms. The molecule has 0 radical (unpaired) electrons. The van der Waals surface area contributed by atoms with Gasteiger partial charge in [0.15, 0.2) is 0 Å². The van der Waals surface area contributed by atoms with E-state index in [0.717, 1.165) is 5.56 Å². The number of aryl methyl sites for hydroxylation is 1. The lowest BCUT2D eigenvalue weighted by atomic mass is 9.99. The fourth-order valence-electron chi connectivity index (χ4n) is 3.59. The number of methoxy groups -OCH3 is 2. The fourth-order valence-corrected chi connectivity index (χ4v) is 3.59. The number of nitrogens with zero attached hydrogens (tertiary/aromatic N) is 4. The number of hydrogen-bond donors (Lipinski definition) is 0. The van der Waals surface area contributed by atoms with Crippen LogP contribution in [-0.2, 0) is 11.8 Å². The highest BCUT2D eigenvalue weighted by molar-refractivity contribution is 5.97. The van der Waals surface area contributed by atoms with Gasteiger partial charge in [0.1, 0.15) is 11.5 Å². The minimum atomic E-state index is -0.232. The molecule has 0 bridgehead atoms. The number of likely N-dealkylation sites (N-methyl/N-ethyl adjacent to an activating group) is 1. The van der Waals surface area contributed by atoms with E-state index in [0.29, 0.717) is 36.8 Å². The van der Waals surface area contributed by atoms with Crippen LogP contribution in [0.1, 0.15) is 22.0 Å². The molecule has 0 unspecified atom stereocenters. The van der Waals surface area contributed by atoms with E-state index in [2.05, 4.69) is 10.00 Å². The normalized spacial score (nSPS) is 19.7. The number of aromatic nitrogens is 2. The Balaban J connectivity index is 1.98. The number of ether oxygens (including phenoxy) is 3. The largest absolute Gasteiger partial charge is 0.497 e. The van der Waals surface area contributed by atoms with Crippen molar-refractivity contribution in [3.63, 3.8) is 0 Å². The summed E-state index contributed by atoms with van der Waals surface area (Å²) >= 11 is 0. The monoisotopic (exact) mass is 388 g/mol. The number of carbonyl (C=O) groups excluding carboxylic acids is 1. The van der Waals surface area contributed by atoms with Crippen molar-refractivity contribution in [2.24, 2.45) is 7.05 Å². The lowest BCUT2D eigenvalue weighted by molar-refractivity contribution is -0.0685. The molecule has 2 aromatic rings. The van der Waals surface area contributed by atoms with Gasteiger partial charge in [0.05, 0.1) is 44.7 Å². The predicted molar refractivity (Wildman–Crippen MR) is 105 cm³/mol. The van der Waals surface area contributed by atoms with Crippen LogP contribution in [0.3, 0.4) is 0 Å². The number of benzene rings is 1. The van der Waals surface area contributed by atoms with Crippen LogP contribution in [0.25, 0.3) is 0 Å². The third-order valence-corrected chi connectivity index (χ3v) is 4.86. The van der Waals surface area contributed by atoms with Gasteiger partial charge in [-0.05, 0) is 26.2 Å². The Morgan fingerprint density at radius 2 is 2.11 bits per heavy atom. The molecule has 3 rings (SSSR count). The summed E-state index contributed by atoms with van der Waals surface area (Å²) in [6.45, 7) is 1.68. The zero-order valence-electron chi connectivity index (χ0n) is 17.1. The quantitative estimate of drug-likeness (QED) is 0.749. The molecule has 1 aromatic carbocycles. The van der Waals surface area contributed by atoms with E-state index in [1.165, 1.54) is 0 Å². The Hall–Kier alpha value is -2.58. The van der Waals surface area contributed by atoms with Crippen molar-refractivity contribution >= 4 is 5.91 Å². The van der Waals surface area contributed by atoms with E-state index in [4.69, 9.17) is 14.2 Å². The summed E-state index contributed by atoms with van der Waals surface area (Å²) in [5.74, 6) is 1.04. The molecule has 1 aromatic heterocycles. The summed E-state index contributed by atoms with van der Waals surface area (Å²) in [4.78, 5) is 17.4. The van der Waals surface area contributed by atoms with E-state index in [1.54, 1.807) is 43.3 Å². The average Bonchev–Trinajstić information content (AvgIpc) is 3.12. The van der Waals surface area contributed by atoms with E-state index in [9.17, 15) is 4.79 Å². The number of hydrogen-bond acceptors (Lipinski definition) is 6. The predicted octanol–water partition coefficient (Wildman–Crippen LogP) is 1.58. The first-order valence-electron chi connectivity index (χ1n) is 9.22. The molecule has 1 aliphatic heterocycles. The van der Waals surface area contributed by atoms with Gasteiger partial charge in [-0.25, -0.2) is 0 Å². The van der Waals surface area contributed by atoms with E-state index < -0.39 is 0 Å². The highest BCUT2D eigenvalue weighted by atomic mass is 16.5. The first kappa shape index (κ1) is 20.2. The Labute approximate surface area is 165 Å². The Morgan fingerprint density at radius 3 is 2.71 bits per heavy atom. The minimum Gasteiger partial charge on any atom is -0.497 e. The van der Waals surface area contributed by atoms with Crippen LogP contribution in [0.2, 0.25) is 0 Å². The molecule has 0 spiro atoms. The molecule has 2 heterocycles. The molecule has 0 aliphatic carbocycles.